The molecular weight excluding hydrogens is 252 g/mol. The summed E-state index contributed by atoms with van der Waals surface area (Å²) in [6, 6.07) is 5.00. The Balaban J connectivity index is 2.90. The molecule has 0 spiro atoms. The first-order chi connectivity index (χ1) is 8.61. The van der Waals surface area contributed by atoms with E-state index in [-0.39, 0.29) is 17.5 Å². The van der Waals surface area contributed by atoms with Crippen molar-refractivity contribution in [2.75, 3.05) is 25.4 Å². The highest BCUT2D eigenvalue weighted by atomic mass is 35.5. The van der Waals surface area contributed by atoms with Crippen LogP contribution in [0.3, 0.4) is 0 Å². The second-order valence-corrected chi connectivity index (χ2v) is 4.46. The number of halogens is 1. The van der Waals surface area contributed by atoms with Gasteiger partial charge in [-0.1, -0.05) is 31.0 Å². The average molecular weight is 271 g/mol. The van der Waals surface area contributed by atoms with Crippen molar-refractivity contribution in [2.45, 2.75) is 19.8 Å². The minimum absolute atomic E-state index is 0.0601. The zero-order valence-electron chi connectivity index (χ0n) is 10.5. The van der Waals surface area contributed by atoms with Crippen molar-refractivity contribution in [1.29, 1.82) is 0 Å². The first-order valence-corrected chi connectivity index (χ1v) is 6.43. The van der Waals surface area contributed by atoms with Crippen LogP contribution in [0.25, 0.3) is 0 Å². The first-order valence-electron chi connectivity index (χ1n) is 6.06. The number of carbonyl (C=O) groups is 1. The molecule has 0 saturated heterocycles. The lowest BCUT2D eigenvalue weighted by molar-refractivity contribution is 0.0719. The van der Waals surface area contributed by atoms with E-state index in [0.29, 0.717) is 24.3 Å². The number of amides is 1. The molecule has 1 aromatic carbocycles. The van der Waals surface area contributed by atoms with Gasteiger partial charge in [-0.15, -0.1) is 0 Å². The molecule has 0 fully saturated rings. The van der Waals surface area contributed by atoms with Crippen LogP contribution in [0, 0.1) is 0 Å². The van der Waals surface area contributed by atoms with E-state index in [1.807, 2.05) is 0 Å². The molecule has 100 valence electrons. The lowest BCUT2D eigenvalue weighted by Crippen LogP contribution is -2.34. The number of nitrogens with two attached hydrogens (primary N) is 1. The maximum atomic E-state index is 12.3. The minimum atomic E-state index is -0.185. The van der Waals surface area contributed by atoms with E-state index in [4.69, 9.17) is 22.4 Å². The highest BCUT2D eigenvalue weighted by Gasteiger charge is 2.18. The predicted molar refractivity (Wildman–Crippen MR) is 73.8 cm³/mol. The first kappa shape index (κ1) is 14.8. The van der Waals surface area contributed by atoms with Gasteiger partial charge in [-0.25, -0.2) is 0 Å². The van der Waals surface area contributed by atoms with Gasteiger partial charge in [0.2, 0.25) is 0 Å². The summed E-state index contributed by atoms with van der Waals surface area (Å²) in [4.78, 5) is 13.9. The molecule has 0 heterocycles. The highest BCUT2D eigenvalue weighted by Crippen LogP contribution is 2.24. The predicted octanol–water partition coefficient (Wildman–Crippen LogP) is 2.16. The molecule has 0 atom stereocenters. The number of anilines is 1. The van der Waals surface area contributed by atoms with Gasteiger partial charge in [0.25, 0.3) is 5.91 Å². The van der Waals surface area contributed by atoms with Crippen molar-refractivity contribution in [3.05, 3.63) is 28.8 Å². The van der Waals surface area contributed by atoms with Gasteiger partial charge in [-0.05, 0) is 18.6 Å². The van der Waals surface area contributed by atoms with Crippen LogP contribution in [0.4, 0.5) is 5.69 Å². The van der Waals surface area contributed by atoms with E-state index in [0.717, 1.165) is 12.8 Å². The van der Waals surface area contributed by atoms with Crippen molar-refractivity contribution in [3.8, 4) is 0 Å². The smallest absolute Gasteiger partial charge is 0.255 e. The van der Waals surface area contributed by atoms with E-state index in [2.05, 4.69) is 6.92 Å². The third kappa shape index (κ3) is 3.62. The normalized spacial score (nSPS) is 10.4. The molecule has 0 unspecified atom stereocenters. The van der Waals surface area contributed by atoms with Crippen molar-refractivity contribution in [3.63, 3.8) is 0 Å². The van der Waals surface area contributed by atoms with E-state index in [1.165, 1.54) is 0 Å². The summed E-state index contributed by atoms with van der Waals surface area (Å²) in [5.74, 6) is -0.185. The van der Waals surface area contributed by atoms with Crippen LogP contribution >= 0.6 is 11.6 Å². The number of benzene rings is 1. The van der Waals surface area contributed by atoms with Crippen LogP contribution < -0.4 is 5.73 Å². The number of hydrogen-bond acceptors (Lipinski definition) is 3. The van der Waals surface area contributed by atoms with Crippen molar-refractivity contribution in [2.24, 2.45) is 0 Å². The van der Waals surface area contributed by atoms with Gasteiger partial charge in [-0.3, -0.25) is 4.79 Å². The molecule has 3 N–H and O–H groups in total. The van der Waals surface area contributed by atoms with Crippen molar-refractivity contribution >= 4 is 23.2 Å². The molecule has 0 aliphatic carbocycles. The van der Waals surface area contributed by atoms with Gasteiger partial charge in [0.05, 0.1) is 22.9 Å². The lowest BCUT2D eigenvalue weighted by atomic mass is 10.1. The molecule has 1 rings (SSSR count). The lowest BCUT2D eigenvalue weighted by Gasteiger charge is -2.22. The van der Waals surface area contributed by atoms with Gasteiger partial charge >= 0.3 is 0 Å². The quantitative estimate of drug-likeness (QED) is 0.779. The minimum Gasteiger partial charge on any atom is -0.398 e. The van der Waals surface area contributed by atoms with E-state index in [1.54, 1.807) is 23.1 Å². The molecule has 0 saturated carbocycles. The van der Waals surface area contributed by atoms with Crippen LogP contribution in [0.2, 0.25) is 5.02 Å². The van der Waals surface area contributed by atoms with Crippen LogP contribution in [0.15, 0.2) is 18.2 Å². The van der Waals surface area contributed by atoms with Crippen molar-refractivity contribution < 1.29 is 9.90 Å². The number of nitrogens with zero attached hydrogens (tertiary/aromatic N) is 1. The maximum Gasteiger partial charge on any atom is 0.255 e. The summed E-state index contributed by atoms with van der Waals surface area (Å²) in [5, 5.41) is 9.28. The number of aliphatic hydroxyl groups excluding tert-OH is 1. The van der Waals surface area contributed by atoms with Crippen LogP contribution in [-0.2, 0) is 0 Å². The third-order valence-electron chi connectivity index (χ3n) is 2.70. The fourth-order valence-electron chi connectivity index (χ4n) is 1.67. The Morgan fingerprint density at radius 3 is 2.78 bits per heavy atom. The van der Waals surface area contributed by atoms with Gasteiger partial charge in [0, 0.05) is 13.1 Å². The van der Waals surface area contributed by atoms with E-state index in [9.17, 15) is 4.79 Å². The maximum absolute atomic E-state index is 12.3. The standard InChI is InChI=1S/C13H19ClN2O2/c1-2-3-7-16(8-9-17)13(18)10-5-4-6-11(15)12(10)14/h4-6,17H,2-3,7-9,15H2,1H3. The number of unbranched alkanes of at least 4 members (excludes halogenated alkanes) is 1. The second-order valence-electron chi connectivity index (χ2n) is 4.08. The summed E-state index contributed by atoms with van der Waals surface area (Å²) in [7, 11) is 0. The Kier molecular flexibility index (Phi) is 5.95. The molecule has 0 radical (unpaired) electrons. The number of hydrogen-bond donors (Lipinski definition) is 2. The summed E-state index contributed by atoms with van der Waals surface area (Å²) < 4.78 is 0. The molecule has 0 aliphatic rings. The molecule has 5 heteroatoms. The summed E-state index contributed by atoms with van der Waals surface area (Å²) in [6.45, 7) is 2.91. The second kappa shape index (κ2) is 7.24. The van der Waals surface area contributed by atoms with Gasteiger partial charge in [0.1, 0.15) is 0 Å². The fraction of sp³-hybridized carbons (Fsp3) is 0.462. The Labute approximate surface area is 112 Å². The third-order valence-corrected chi connectivity index (χ3v) is 3.12. The van der Waals surface area contributed by atoms with Crippen LogP contribution in [0.1, 0.15) is 30.1 Å². The summed E-state index contributed by atoms with van der Waals surface area (Å²) in [5.41, 5.74) is 6.46. The Morgan fingerprint density at radius 2 is 2.17 bits per heavy atom. The fourth-order valence-corrected chi connectivity index (χ4v) is 1.88. The zero-order chi connectivity index (χ0) is 13.5. The van der Waals surface area contributed by atoms with Crippen LogP contribution in [-0.4, -0.2) is 35.6 Å². The molecule has 4 nitrogen and oxygen atoms in total. The Bertz CT molecular complexity index is 410. The molecule has 1 aromatic rings. The van der Waals surface area contributed by atoms with Crippen LogP contribution in [0.5, 0.6) is 0 Å². The summed E-state index contributed by atoms with van der Waals surface area (Å²) in [6.07, 6.45) is 1.88. The van der Waals surface area contributed by atoms with Gasteiger partial charge in [0.15, 0.2) is 0 Å². The molecule has 0 bridgehead atoms. The number of aliphatic hydroxyl groups is 1. The number of carbonyl (C=O) groups excluding carboxylic acids is 1. The molecule has 0 aliphatic heterocycles. The monoisotopic (exact) mass is 270 g/mol. The Hall–Kier alpha value is -1.26. The van der Waals surface area contributed by atoms with Gasteiger partial charge in [-0.2, -0.15) is 0 Å². The molecule has 18 heavy (non-hydrogen) atoms. The molecule has 0 aromatic heterocycles. The number of rotatable bonds is 6. The zero-order valence-corrected chi connectivity index (χ0v) is 11.3. The topological polar surface area (TPSA) is 66.6 Å². The largest absolute Gasteiger partial charge is 0.398 e. The van der Waals surface area contributed by atoms with Crippen molar-refractivity contribution in [1.82, 2.24) is 4.90 Å². The number of nitrogen functional groups attached to an aromatic ring is 1. The average Bonchev–Trinajstić information content (AvgIpc) is 2.37. The SMILES string of the molecule is CCCCN(CCO)C(=O)c1cccc(N)c1Cl. The molecule has 1 amide bonds. The van der Waals surface area contributed by atoms with Gasteiger partial charge < -0.3 is 15.7 Å². The van der Waals surface area contributed by atoms with E-state index >= 15 is 0 Å². The Morgan fingerprint density at radius 1 is 1.44 bits per heavy atom. The molecular formula is C13H19ClN2O2. The van der Waals surface area contributed by atoms with E-state index < -0.39 is 0 Å². The highest BCUT2D eigenvalue weighted by molar-refractivity contribution is 6.36. The summed E-state index contributed by atoms with van der Waals surface area (Å²) >= 11 is 6.03.